The van der Waals surface area contributed by atoms with Crippen LogP contribution in [0.4, 0.5) is 17.1 Å². The first-order valence-corrected chi connectivity index (χ1v) is 29.7. The minimum atomic E-state index is 0.885. The molecule has 0 fully saturated rings. The smallest absolute Gasteiger partial charge is 0.137 e. The first-order valence-electron chi connectivity index (χ1n) is 28.9. The molecule has 16 aromatic carbocycles. The van der Waals surface area contributed by atoms with E-state index in [1.807, 2.05) is 42.5 Å². The molecule has 3 nitrogen and oxygen atoms in total. The van der Waals surface area contributed by atoms with Crippen LogP contribution in [0.15, 0.2) is 317 Å². The molecule has 85 heavy (non-hydrogen) atoms. The minimum Gasteiger partial charge on any atom is -0.456 e. The summed E-state index contributed by atoms with van der Waals surface area (Å²) in [6.07, 6.45) is 0.939. The van der Waals surface area contributed by atoms with Crippen LogP contribution in [-0.4, -0.2) is 0 Å². The summed E-state index contributed by atoms with van der Waals surface area (Å²) in [6, 6.07) is 109. The fraction of sp³-hybridized carbons (Fsp3) is 0.0123. The van der Waals surface area contributed by atoms with Gasteiger partial charge in [-0.25, -0.2) is 0 Å². The van der Waals surface area contributed by atoms with E-state index in [1.165, 1.54) is 108 Å². The largest absolute Gasteiger partial charge is 0.456 e. The number of furan rings is 2. The lowest BCUT2D eigenvalue weighted by molar-refractivity contribution is 0.668. The van der Waals surface area contributed by atoms with Gasteiger partial charge in [-0.2, -0.15) is 0 Å². The van der Waals surface area contributed by atoms with Crippen molar-refractivity contribution in [3.63, 3.8) is 0 Å². The molecule has 0 spiro atoms. The van der Waals surface area contributed by atoms with Crippen LogP contribution in [0.2, 0.25) is 0 Å². The van der Waals surface area contributed by atoms with E-state index in [4.69, 9.17) is 8.83 Å². The van der Waals surface area contributed by atoms with Gasteiger partial charge in [-0.3, -0.25) is 0 Å². The molecule has 18 aromatic rings. The summed E-state index contributed by atoms with van der Waals surface area (Å²) in [5, 5.41) is 25.1. The average molecular weight is 1150 g/mol. The predicted octanol–water partition coefficient (Wildman–Crippen LogP) is 23.9. The van der Waals surface area contributed by atoms with Crippen LogP contribution in [-0.2, 0) is 6.42 Å². The van der Waals surface area contributed by atoms with E-state index in [0.717, 1.165) is 61.1 Å². The summed E-state index contributed by atoms with van der Waals surface area (Å²) in [6.45, 7) is 0. The summed E-state index contributed by atoms with van der Waals surface area (Å²) in [7, 11) is 0. The Hall–Kier alpha value is -10.5. The van der Waals surface area contributed by atoms with Gasteiger partial charge in [-0.05, 0) is 159 Å². The first-order chi connectivity index (χ1) is 42.0. The van der Waals surface area contributed by atoms with E-state index in [0.29, 0.717) is 0 Å². The third kappa shape index (κ3) is 9.07. The molecule has 0 radical (unpaired) electrons. The van der Waals surface area contributed by atoms with E-state index in [2.05, 4.69) is 282 Å². The molecule has 0 amide bonds. The highest BCUT2D eigenvalue weighted by molar-refractivity contribution is 9.10. The summed E-state index contributed by atoms with van der Waals surface area (Å²) >= 11 is 3.43. The number of halogens is 1. The second-order valence-corrected chi connectivity index (χ2v) is 22.9. The van der Waals surface area contributed by atoms with Crippen molar-refractivity contribution in [1.82, 2.24) is 0 Å². The number of nitrogens with zero attached hydrogens (tertiary/aromatic N) is 1. The van der Waals surface area contributed by atoms with E-state index < -0.39 is 0 Å². The maximum Gasteiger partial charge on any atom is 0.137 e. The Morgan fingerprint density at radius 2 is 0.624 bits per heavy atom. The average Bonchev–Trinajstić information content (AvgIpc) is 3.31. The standard InChI is InChI=1S/C40H25NO.C29H20.C12H7BrO/c1-3-11-31-26(9-1)17-18-28-23-29(19-21-33(28)31)41(30-20-22-37-36-15-7-8-16-39(36)42-40(37)25-30)38-24-27-10-2-4-12-32(27)34-13-5-6-14-35(34)38;1-3-9-25-21(7-1)14-15-23-17-20(13-16-28(23)25)18-24-19-22-8-2-4-10-26(22)29-12-6-5-11-27(24)29;13-8-5-6-10-9-3-1-2-4-11(9)14-12(10)7-8/h1-25H;1-17,19H,18H2;1-7H. The number of rotatable bonds is 5. The molecule has 0 saturated carbocycles. The topological polar surface area (TPSA) is 29.5 Å². The number of hydrogen-bond donors (Lipinski definition) is 0. The number of para-hydroxylation sites is 2. The Morgan fingerprint density at radius 1 is 0.247 bits per heavy atom. The molecule has 4 heteroatoms. The van der Waals surface area contributed by atoms with Crippen LogP contribution in [0.1, 0.15) is 11.1 Å². The summed E-state index contributed by atoms with van der Waals surface area (Å²) in [5.74, 6) is 0. The molecule has 2 heterocycles. The molecule has 18 rings (SSSR count). The van der Waals surface area contributed by atoms with Crippen molar-refractivity contribution in [3.05, 3.63) is 319 Å². The fourth-order valence-corrected chi connectivity index (χ4v) is 13.4. The van der Waals surface area contributed by atoms with E-state index in [9.17, 15) is 0 Å². The van der Waals surface area contributed by atoms with Crippen LogP contribution >= 0.6 is 15.9 Å². The highest BCUT2D eigenvalue weighted by atomic mass is 79.9. The van der Waals surface area contributed by atoms with Crippen molar-refractivity contribution < 1.29 is 8.83 Å². The molecule has 0 aliphatic carbocycles. The van der Waals surface area contributed by atoms with Crippen molar-refractivity contribution in [2.24, 2.45) is 0 Å². The molecule has 0 aliphatic heterocycles. The lowest BCUT2D eigenvalue weighted by atomic mass is 9.92. The number of anilines is 3. The van der Waals surface area contributed by atoms with E-state index >= 15 is 0 Å². The van der Waals surface area contributed by atoms with Crippen LogP contribution in [0.5, 0.6) is 0 Å². The van der Waals surface area contributed by atoms with Gasteiger partial charge in [0.15, 0.2) is 0 Å². The van der Waals surface area contributed by atoms with Gasteiger partial charge >= 0.3 is 0 Å². The zero-order chi connectivity index (χ0) is 56.4. The molecule has 0 aliphatic rings. The molecule has 2 aromatic heterocycles. The van der Waals surface area contributed by atoms with E-state index in [-0.39, 0.29) is 0 Å². The number of fused-ring (bicyclic) bond motifs is 18. The Bertz CT molecular complexity index is 5640. The summed E-state index contributed by atoms with van der Waals surface area (Å²) in [4.78, 5) is 2.38. The van der Waals surface area contributed by atoms with Crippen LogP contribution in [0.3, 0.4) is 0 Å². The van der Waals surface area contributed by atoms with Crippen molar-refractivity contribution in [2.75, 3.05) is 4.90 Å². The Labute approximate surface area is 498 Å². The maximum absolute atomic E-state index is 6.36. The third-order valence-corrected chi connectivity index (χ3v) is 17.5. The molecule has 0 unspecified atom stereocenters. The Morgan fingerprint density at radius 3 is 1.24 bits per heavy atom. The summed E-state index contributed by atoms with van der Waals surface area (Å²) < 4.78 is 13.1. The molecule has 0 saturated heterocycles. The molecule has 0 bridgehead atoms. The highest BCUT2D eigenvalue weighted by Gasteiger charge is 2.20. The molecular weight excluding hydrogens is 1100 g/mol. The number of benzene rings is 16. The number of hydrogen-bond acceptors (Lipinski definition) is 3. The molecule has 400 valence electrons. The quantitative estimate of drug-likeness (QED) is 0.161. The normalized spacial score (nSPS) is 11.6. The monoisotopic (exact) mass is 1150 g/mol. The van der Waals surface area contributed by atoms with Crippen LogP contribution < -0.4 is 4.90 Å². The highest BCUT2D eigenvalue weighted by Crippen LogP contribution is 2.45. The Balaban J connectivity index is 0.000000117. The van der Waals surface area contributed by atoms with Gasteiger partial charge in [0.25, 0.3) is 0 Å². The van der Waals surface area contributed by atoms with Gasteiger partial charge in [0.1, 0.15) is 22.3 Å². The van der Waals surface area contributed by atoms with E-state index in [1.54, 1.807) is 0 Å². The lowest BCUT2D eigenvalue weighted by Crippen LogP contribution is -2.10. The summed E-state index contributed by atoms with van der Waals surface area (Å²) in [5.41, 5.74) is 9.71. The van der Waals surface area contributed by atoms with Gasteiger partial charge in [0.2, 0.25) is 0 Å². The molecule has 0 N–H and O–H groups in total. The Kier molecular flexibility index (Phi) is 12.4. The van der Waals surface area contributed by atoms with Crippen molar-refractivity contribution in [2.45, 2.75) is 6.42 Å². The first kappa shape index (κ1) is 50.2. The zero-order valence-corrected chi connectivity index (χ0v) is 47.8. The second kappa shape index (κ2) is 21.0. The van der Waals surface area contributed by atoms with Gasteiger partial charge in [0, 0.05) is 48.8 Å². The van der Waals surface area contributed by atoms with Crippen LogP contribution in [0, 0.1) is 0 Å². The fourth-order valence-electron chi connectivity index (χ4n) is 13.0. The van der Waals surface area contributed by atoms with Crippen molar-refractivity contribution >= 4 is 163 Å². The predicted molar refractivity (Wildman–Crippen MR) is 366 cm³/mol. The lowest BCUT2D eigenvalue weighted by Gasteiger charge is -2.28. The zero-order valence-electron chi connectivity index (χ0n) is 46.2. The van der Waals surface area contributed by atoms with Gasteiger partial charge in [-0.1, -0.05) is 253 Å². The van der Waals surface area contributed by atoms with Gasteiger partial charge in [-0.15, -0.1) is 0 Å². The maximum atomic E-state index is 6.36. The SMILES string of the molecule is Brc1ccc2c(c1)oc1ccccc12.c1ccc2c(c1)ccc1cc(Cc3cc4ccccc4c4ccccc34)ccc12.c1ccc2c(c1)ccc1cc(N(c3ccc4c(c3)oc3ccccc34)c3cc4ccccc4c4ccccc34)ccc12. The molecular formula is C81H52BrNO2. The van der Waals surface area contributed by atoms with Gasteiger partial charge in [0.05, 0.1) is 5.69 Å². The van der Waals surface area contributed by atoms with Crippen LogP contribution in [0.25, 0.3) is 130 Å². The van der Waals surface area contributed by atoms with Crippen molar-refractivity contribution in [1.29, 1.82) is 0 Å². The second-order valence-electron chi connectivity index (χ2n) is 22.0. The van der Waals surface area contributed by atoms with Crippen molar-refractivity contribution in [3.8, 4) is 0 Å². The van der Waals surface area contributed by atoms with Gasteiger partial charge < -0.3 is 13.7 Å². The third-order valence-electron chi connectivity index (χ3n) is 17.0. The minimum absolute atomic E-state index is 0.885. The molecule has 0 atom stereocenters.